The van der Waals surface area contributed by atoms with Crippen molar-refractivity contribution in [3.63, 3.8) is 0 Å². The Hall–Kier alpha value is -2.07. The highest BCUT2D eigenvalue weighted by Gasteiger charge is 1.93. The quantitative estimate of drug-likeness (QED) is 0.555. The summed E-state index contributed by atoms with van der Waals surface area (Å²) in [5, 5.41) is 7.32. The average molecular weight is 300 g/mol. The smallest absolute Gasteiger partial charge is 0.0587 e. The van der Waals surface area contributed by atoms with Gasteiger partial charge >= 0.3 is 0 Å². The van der Waals surface area contributed by atoms with Crippen LogP contribution in [0.5, 0.6) is 0 Å². The van der Waals surface area contributed by atoms with Gasteiger partial charge in [0.05, 0.1) is 6.07 Å². The van der Waals surface area contributed by atoms with E-state index in [0.717, 1.165) is 6.42 Å². The number of nitrogens with zero attached hydrogens (tertiary/aromatic N) is 1. The maximum absolute atomic E-state index is 7.32. The summed E-state index contributed by atoms with van der Waals surface area (Å²) < 4.78 is 0. The van der Waals surface area contributed by atoms with Crippen LogP contribution in [0.25, 0.3) is 0 Å². The van der Waals surface area contributed by atoms with Gasteiger partial charge in [-0.3, -0.25) is 0 Å². The Morgan fingerprint density at radius 2 is 1.64 bits per heavy atom. The SMILES string of the molecule is C=C/C=C(\C=C/C)Cc1ccccc1.CC.CC#N.CCC. The first-order valence-corrected chi connectivity index (χ1v) is 7.99. The highest BCUT2D eigenvalue weighted by atomic mass is 14.2. The van der Waals surface area contributed by atoms with E-state index in [-0.39, 0.29) is 0 Å². The summed E-state index contributed by atoms with van der Waals surface area (Å²) in [4.78, 5) is 0. The van der Waals surface area contributed by atoms with Gasteiger partial charge in [0.1, 0.15) is 0 Å². The van der Waals surface area contributed by atoms with Crippen molar-refractivity contribution in [1.29, 1.82) is 5.26 Å². The monoisotopic (exact) mass is 299 g/mol. The van der Waals surface area contributed by atoms with Gasteiger partial charge in [-0.2, -0.15) is 5.26 Å². The number of allylic oxidation sites excluding steroid dienone is 5. The van der Waals surface area contributed by atoms with Crippen LogP contribution < -0.4 is 0 Å². The predicted octanol–water partition coefficient (Wildman–Crippen LogP) is 6.89. The lowest BCUT2D eigenvalue weighted by Crippen LogP contribution is -1.86. The molecule has 0 saturated heterocycles. The molecule has 0 amide bonds. The summed E-state index contributed by atoms with van der Waals surface area (Å²) >= 11 is 0. The summed E-state index contributed by atoms with van der Waals surface area (Å²) in [6.07, 6.45) is 10.3. The molecule has 0 fully saturated rings. The molecule has 0 bridgehead atoms. The van der Waals surface area contributed by atoms with Gasteiger partial charge in [-0.25, -0.2) is 0 Å². The molecule has 0 aromatic heterocycles. The van der Waals surface area contributed by atoms with E-state index >= 15 is 0 Å². The molecule has 1 aromatic rings. The molecule has 0 atom stereocenters. The third-order valence-corrected chi connectivity index (χ3v) is 1.96. The molecule has 1 rings (SSSR count). The van der Waals surface area contributed by atoms with E-state index in [4.69, 9.17) is 5.26 Å². The molecule has 1 aromatic carbocycles. The van der Waals surface area contributed by atoms with Crippen LogP contribution in [0.3, 0.4) is 0 Å². The Kier molecular flexibility index (Phi) is 27.2. The molecular formula is C21H33N. The highest BCUT2D eigenvalue weighted by Crippen LogP contribution is 2.09. The van der Waals surface area contributed by atoms with Crippen molar-refractivity contribution in [2.24, 2.45) is 0 Å². The first kappa shape index (κ1) is 24.9. The van der Waals surface area contributed by atoms with E-state index in [1.54, 1.807) is 6.07 Å². The Morgan fingerprint density at radius 1 is 1.18 bits per heavy atom. The molecule has 0 aliphatic rings. The van der Waals surface area contributed by atoms with E-state index in [9.17, 15) is 0 Å². The van der Waals surface area contributed by atoms with E-state index in [0.29, 0.717) is 0 Å². The summed E-state index contributed by atoms with van der Waals surface area (Å²) in [6.45, 7) is 15.4. The summed E-state index contributed by atoms with van der Waals surface area (Å²) in [7, 11) is 0. The second-order valence-electron chi connectivity index (χ2n) is 4.07. The predicted molar refractivity (Wildman–Crippen MR) is 102 cm³/mol. The second-order valence-corrected chi connectivity index (χ2v) is 4.07. The minimum absolute atomic E-state index is 0.969. The number of hydrogen-bond acceptors (Lipinski definition) is 1. The van der Waals surface area contributed by atoms with Crippen LogP contribution in [0, 0.1) is 11.3 Å². The lowest BCUT2D eigenvalue weighted by atomic mass is 10.0. The van der Waals surface area contributed by atoms with Crippen LogP contribution in [0.2, 0.25) is 0 Å². The number of benzene rings is 1. The maximum atomic E-state index is 7.32. The van der Waals surface area contributed by atoms with Crippen LogP contribution in [-0.2, 0) is 6.42 Å². The van der Waals surface area contributed by atoms with Crippen LogP contribution in [0.4, 0.5) is 0 Å². The summed E-state index contributed by atoms with van der Waals surface area (Å²) in [5.41, 5.74) is 2.62. The standard InChI is InChI=1S/C14H16.C3H8.C2H3N.C2H6/c1-3-8-13(9-4-2)12-14-10-6-5-7-11-14;1-3-2;1-2-3;1-2/h3-11H,1,12H2,2H3;3H2,1-2H3;1H3;1-2H3/b9-4-,13-8+;;;. The fourth-order valence-corrected chi connectivity index (χ4v) is 1.37. The largest absolute Gasteiger partial charge is 0.199 e. The molecule has 0 spiro atoms. The van der Waals surface area contributed by atoms with Gasteiger partial charge in [0.2, 0.25) is 0 Å². The van der Waals surface area contributed by atoms with Crippen LogP contribution >= 0.6 is 0 Å². The molecule has 0 radical (unpaired) electrons. The average Bonchev–Trinajstić information content (AvgIpc) is 2.52. The molecule has 0 aliphatic carbocycles. The highest BCUT2D eigenvalue weighted by molar-refractivity contribution is 5.30. The summed E-state index contributed by atoms with van der Waals surface area (Å²) in [6, 6.07) is 12.2. The van der Waals surface area contributed by atoms with Gasteiger partial charge in [0, 0.05) is 6.92 Å². The van der Waals surface area contributed by atoms with Gasteiger partial charge in [-0.1, -0.05) is 95.3 Å². The third-order valence-electron chi connectivity index (χ3n) is 1.96. The Bertz CT molecular complexity index is 419. The molecule has 1 nitrogen and oxygen atoms in total. The van der Waals surface area contributed by atoms with Crippen molar-refractivity contribution in [2.45, 2.75) is 54.4 Å². The fraction of sp³-hybridized carbons (Fsp3) is 0.381. The van der Waals surface area contributed by atoms with Gasteiger partial charge in [-0.15, -0.1) is 0 Å². The van der Waals surface area contributed by atoms with Gasteiger partial charge < -0.3 is 0 Å². The Balaban J connectivity index is -0.000000382. The minimum Gasteiger partial charge on any atom is -0.199 e. The van der Waals surface area contributed by atoms with Crippen LogP contribution in [-0.4, -0.2) is 0 Å². The van der Waals surface area contributed by atoms with Crippen LogP contribution in [0.15, 0.2) is 66.8 Å². The fourth-order valence-electron chi connectivity index (χ4n) is 1.37. The molecular weight excluding hydrogens is 266 g/mol. The molecule has 22 heavy (non-hydrogen) atoms. The number of hydrogen-bond donors (Lipinski definition) is 0. The normalized spacial score (nSPS) is 9.05. The molecule has 0 heterocycles. The van der Waals surface area contributed by atoms with Crippen molar-refractivity contribution in [3.05, 3.63) is 72.4 Å². The van der Waals surface area contributed by atoms with E-state index in [1.807, 2.05) is 39.0 Å². The molecule has 0 aliphatic heterocycles. The maximum Gasteiger partial charge on any atom is 0.0587 e. The van der Waals surface area contributed by atoms with Gasteiger partial charge in [-0.05, 0) is 24.5 Å². The molecule has 0 unspecified atom stereocenters. The van der Waals surface area contributed by atoms with Gasteiger partial charge in [0.25, 0.3) is 0 Å². The van der Waals surface area contributed by atoms with Crippen molar-refractivity contribution in [2.75, 3.05) is 0 Å². The lowest BCUT2D eigenvalue weighted by Gasteiger charge is -2.01. The number of rotatable bonds is 4. The molecule has 0 N–H and O–H groups in total. The first-order chi connectivity index (χ1) is 10.7. The van der Waals surface area contributed by atoms with Crippen molar-refractivity contribution in [1.82, 2.24) is 0 Å². The van der Waals surface area contributed by atoms with Gasteiger partial charge in [0.15, 0.2) is 0 Å². The Morgan fingerprint density at radius 3 is 2.00 bits per heavy atom. The van der Waals surface area contributed by atoms with E-state index < -0.39 is 0 Å². The van der Waals surface area contributed by atoms with Crippen molar-refractivity contribution < 1.29 is 0 Å². The zero-order chi connectivity index (χ0) is 17.6. The Labute approximate surface area is 138 Å². The zero-order valence-corrected chi connectivity index (χ0v) is 15.3. The molecule has 1 heteroatoms. The van der Waals surface area contributed by atoms with Crippen molar-refractivity contribution in [3.8, 4) is 6.07 Å². The van der Waals surface area contributed by atoms with Crippen molar-refractivity contribution >= 4 is 0 Å². The zero-order valence-electron chi connectivity index (χ0n) is 15.3. The lowest BCUT2D eigenvalue weighted by molar-refractivity contribution is 1.09. The topological polar surface area (TPSA) is 23.8 Å². The number of nitriles is 1. The second kappa shape index (κ2) is 24.0. The summed E-state index contributed by atoms with van der Waals surface area (Å²) in [5.74, 6) is 0. The third kappa shape index (κ3) is 20.3. The van der Waals surface area contributed by atoms with E-state index in [1.165, 1.54) is 24.5 Å². The van der Waals surface area contributed by atoms with E-state index in [2.05, 4.69) is 56.8 Å². The minimum atomic E-state index is 0.969. The van der Waals surface area contributed by atoms with Crippen LogP contribution in [0.1, 0.15) is 53.5 Å². The molecule has 0 saturated carbocycles. The molecule has 122 valence electrons. The first-order valence-electron chi connectivity index (χ1n) is 7.99.